The van der Waals surface area contributed by atoms with Gasteiger partial charge in [-0.15, -0.1) is 0 Å². The van der Waals surface area contributed by atoms with Crippen LogP contribution in [-0.2, 0) is 3.74 Å². The summed E-state index contributed by atoms with van der Waals surface area (Å²) in [6.07, 6.45) is 0. The fourth-order valence-corrected chi connectivity index (χ4v) is 0.401. The Labute approximate surface area is 41.9 Å². The first-order valence-electron chi connectivity index (χ1n) is 1.04. The average molecular weight is 153 g/mol. The molecular formula is C2H3AsClO. The Kier molecular flexibility index (Phi) is 4.73. The Morgan fingerprint density at radius 2 is 2.40 bits per heavy atom. The molecule has 29 valence electrons. The normalized spacial score (nSPS) is 10.6. The monoisotopic (exact) mass is 153 g/mol. The fourth-order valence-electron chi connectivity index (χ4n) is 0.0257. The third kappa shape index (κ3) is 4.39. The second kappa shape index (κ2) is 4.39. The van der Waals surface area contributed by atoms with Crippen molar-refractivity contribution in [3.05, 3.63) is 10.4 Å². The quantitative estimate of drug-likeness (QED) is 0.501. The summed E-state index contributed by atoms with van der Waals surface area (Å²) < 4.78 is 9.48. The van der Waals surface area contributed by atoms with Crippen molar-refractivity contribution in [3.8, 4) is 0 Å². The first-order valence-corrected chi connectivity index (χ1v) is 3.55. The van der Waals surface area contributed by atoms with Gasteiger partial charge in [0.25, 0.3) is 0 Å². The predicted molar refractivity (Wildman–Crippen MR) is 22.8 cm³/mol. The number of halogens is 1. The summed E-state index contributed by atoms with van der Waals surface area (Å²) in [5.41, 5.74) is 1.27. The Morgan fingerprint density at radius 1 is 1.80 bits per heavy atom. The Morgan fingerprint density at radius 3 is 2.40 bits per heavy atom. The topological polar surface area (TPSA) is 17.1 Å². The van der Waals surface area contributed by atoms with Crippen LogP contribution in [-0.4, -0.2) is 15.7 Å². The van der Waals surface area contributed by atoms with Gasteiger partial charge in [-0.3, -0.25) is 0 Å². The standard InChI is InChI=1S/C2H3AsClO/c4-2-1-3-5/h1-3H. The Balaban J connectivity index is 2.92. The van der Waals surface area contributed by atoms with Gasteiger partial charge in [0.05, 0.1) is 0 Å². The van der Waals surface area contributed by atoms with Crippen LogP contribution in [0.25, 0.3) is 0 Å². The third-order valence-corrected chi connectivity index (χ3v) is 1.34. The van der Waals surface area contributed by atoms with Gasteiger partial charge in [-0.2, -0.15) is 0 Å². The van der Waals surface area contributed by atoms with Gasteiger partial charge in [0.2, 0.25) is 0 Å². The van der Waals surface area contributed by atoms with Crippen molar-refractivity contribution in [2.24, 2.45) is 0 Å². The molecule has 0 rings (SSSR count). The number of hydrogen-bond donors (Lipinski definition) is 0. The maximum atomic E-state index is 9.48. The summed E-state index contributed by atoms with van der Waals surface area (Å²) in [4.78, 5) is 1.46. The molecule has 5 heavy (non-hydrogen) atoms. The molecule has 0 N–H and O–H groups in total. The fraction of sp³-hybridized carbons (Fsp3) is 0. The van der Waals surface area contributed by atoms with E-state index < -0.39 is 15.7 Å². The van der Waals surface area contributed by atoms with Crippen molar-refractivity contribution < 1.29 is 3.74 Å². The molecule has 0 aliphatic rings. The number of rotatable bonds is 1. The van der Waals surface area contributed by atoms with Crippen LogP contribution < -0.4 is 0 Å². The van der Waals surface area contributed by atoms with E-state index in [1.54, 1.807) is 0 Å². The van der Waals surface area contributed by atoms with Crippen molar-refractivity contribution in [2.45, 2.75) is 0 Å². The van der Waals surface area contributed by atoms with Crippen molar-refractivity contribution in [1.82, 2.24) is 0 Å². The molecule has 0 aliphatic heterocycles. The van der Waals surface area contributed by atoms with Gasteiger partial charge in [0, 0.05) is 0 Å². The molecular weight excluding hydrogens is 150 g/mol. The SMILES string of the molecule is O=[AsH]C=CCl. The van der Waals surface area contributed by atoms with Gasteiger partial charge >= 0.3 is 41.4 Å². The van der Waals surface area contributed by atoms with E-state index in [4.69, 9.17) is 11.6 Å². The van der Waals surface area contributed by atoms with Crippen LogP contribution in [0.4, 0.5) is 0 Å². The molecule has 1 radical (unpaired) electrons. The summed E-state index contributed by atoms with van der Waals surface area (Å²) in [7, 11) is 0. The van der Waals surface area contributed by atoms with Crippen molar-refractivity contribution in [1.29, 1.82) is 0 Å². The molecule has 3 heteroatoms. The zero-order valence-electron chi connectivity index (χ0n) is 2.44. The van der Waals surface area contributed by atoms with E-state index in [2.05, 4.69) is 0 Å². The van der Waals surface area contributed by atoms with Crippen molar-refractivity contribution >= 4 is 27.3 Å². The Hall–Kier alpha value is 0.388. The molecule has 0 aromatic carbocycles. The molecule has 0 aromatic heterocycles. The summed E-state index contributed by atoms with van der Waals surface area (Å²) in [6, 6.07) is 0. The van der Waals surface area contributed by atoms with Crippen molar-refractivity contribution in [3.63, 3.8) is 0 Å². The van der Waals surface area contributed by atoms with E-state index in [1.807, 2.05) is 0 Å². The average Bonchev–Trinajstić information content (AvgIpc) is 1.41. The van der Waals surface area contributed by atoms with E-state index in [0.29, 0.717) is 0 Å². The second-order valence-corrected chi connectivity index (χ2v) is 1.86. The Bertz CT molecular complexity index is 51.6. The van der Waals surface area contributed by atoms with E-state index in [9.17, 15) is 3.74 Å². The molecule has 0 heterocycles. The first-order chi connectivity index (χ1) is 2.41. The van der Waals surface area contributed by atoms with E-state index >= 15 is 0 Å². The van der Waals surface area contributed by atoms with Gasteiger partial charge in [-0.05, 0) is 0 Å². The molecule has 0 fully saturated rings. The zero-order valence-corrected chi connectivity index (χ0v) is 5.29. The van der Waals surface area contributed by atoms with Crippen LogP contribution >= 0.6 is 11.6 Å². The van der Waals surface area contributed by atoms with Crippen LogP contribution in [0.1, 0.15) is 0 Å². The summed E-state index contributed by atoms with van der Waals surface area (Å²) in [6.45, 7) is 0. The summed E-state index contributed by atoms with van der Waals surface area (Å²) >= 11 is 3.90. The van der Waals surface area contributed by atoms with Crippen LogP contribution in [0.2, 0.25) is 0 Å². The van der Waals surface area contributed by atoms with Crippen molar-refractivity contribution in [2.75, 3.05) is 0 Å². The molecule has 1 nitrogen and oxygen atoms in total. The maximum absolute atomic E-state index is 9.48. The van der Waals surface area contributed by atoms with Crippen LogP contribution in [0.15, 0.2) is 10.4 Å². The summed E-state index contributed by atoms with van der Waals surface area (Å²) in [5, 5.41) is 0. The van der Waals surface area contributed by atoms with Crippen LogP contribution in [0.5, 0.6) is 0 Å². The number of hydrogen-bond acceptors (Lipinski definition) is 1. The molecule has 1 atom stereocenters. The minimum absolute atomic E-state index is 1.06. The van der Waals surface area contributed by atoms with Gasteiger partial charge in [-0.1, -0.05) is 0 Å². The van der Waals surface area contributed by atoms with Gasteiger partial charge in [-0.25, -0.2) is 0 Å². The molecule has 1 unspecified atom stereocenters. The molecule has 0 spiro atoms. The second-order valence-electron chi connectivity index (χ2n) is 0.411. The van der Waals surface area contributed by atoms with Crippen LogP contribution in [0, 0.1) is 0 Å². The van der Waals surface area contributed by atoms with E-state index in [-0.39, 0.29) is 0 Å². The van der Waals surface area contributed by atoms with E-state index in [0.717, 1.165) is 0 Å². The molecule has 0 amide bonds. The molecule has 0 aliphatic carbocycles. The minimum atomic E-state index is -1.06. The summed E-state index contributed by atoms with van der Waals surface area (Å²) in [5.74, 6) is 0. The molecule has 0 aromatic rings. The van der Waals surface area contributed by atoms with E-state index in [1.165, 1.54) is 10.4 Å². The molecule has 0 saturated carbocycles. The van der Waals surface area contributed by atoms with Gasteiger partial charge in [0.1, 0.15) is 0 Å². The van der Waals surface area contributed by atoms with Crippen LogP contribution in [0.3, 0.4) is 0 Å². The third-order valence-electron chi connectivity index (χ3n) is 0.131. The zero-order chi connectivity index (χ0) is 4.12. The van der Waals surface area contributed by atoms with Gasteiger partial charge in [0.15, 0.2) is 0 Å². The molecule has 0 bridgehead atoms. The van der Waals surface area contributed by atoms with Gasteiger partial charge < -0.3 is 0 Å². The molecule has 0 saturated heterocycles. The first kappa shape index (κ1) is 5.39. The predicted octanol–water partition coefficient (Wildman–Crippen LogP) is 0.478.